The lowest BCUT2D eigenvalue weighted by Gasteiger charge is -2.32. The number of carbonyl (C=O) groups excluding carboxylic acids is 1. The van der Waals surface area contributed by atoms with Crippen LogP contribution in [0.5, 0.6) is 0 Å². The van der Waals surface area contributed by atoms with Crippen LogP contribution in [0.15, 0.2) is 36.9 Å². The van der Waals surface area contributed by atoms with Gasteiger partial charge in [-0.2, -0.15) is 5.26 Å². The molecule has 0 fully saturated rings. The lowest BCUT2D eigenvalue weighted by atomic mass is 9.67. The lowest BCUT2D eigenvalue weighted by Crippen LogP contribution is -2.41. The maximum atomic E-state index is 12.5. The molecule has 2 atom stereocenters. The van der Waals surface area contributed by atoms with Crippen LogP contribution in [0.3, 0.4) is 0 Å². The molecular weight excluding hydrogens is 236 g/mol. The normalized spacial score (nSPS) is 22.2. The van der Waals surface area contributed by atoms with Gasteiger partial charge in [0.25, 0.3) is 0 Å². The van der Waals surface area contributed by atoms with Crippen molar-refractivity contribution in [2.24, 2.45) is 5.92 Å². The fourth-order valence-corrected chi connectivity index (χ4v) is 3.01. The molecule has 0 spiro atoms. The van der Waals surface area contributed by atoms with Crippen molar-refractivity contribution in [3.8, 4) is 6.07 Å². The van der Waals surface area contributed by atoms with E-state index in [0.29, 0.717) is 0 Å². The van der Waals surface area contributed by atoms with Gasteiger partial charge in [-0.3, -0.25) is 4.79 Å². The number of benzene rings is 1. The minimum absolute atomic E-state index is 0.0131. The zero-order valence-electron chi connectivity index (χ0n) is 11.1. The Labute approximate surface area is 113 Å². The first-order valence-corrected chi connectivity index (χ1v) is 6.61. The molecule has 1 N–H and O–H groups in total. The zero-order valence-corrected chi connectivity index (χ0v) is 11.1. The first-order chi connectivity index (χ1) is 9.20. The first kappa shape index (κ1) is 13.4. The number of nitriles is 1. The molecule has 0 unspecified atom stereocenters. The molecule has 0 saturated heterocycles. The van der Waals surface area contributed by atoms with E-state index < -0.39 is 5.41 Å². The molecule has 2 rings (SSSR count). The van der Waals surface area contributed by atoms with Gasteiger partial charge in [0.15, 0.2) is 0 Å². The van der Waals surface area contributed by atoms with Crippen LogP contribution in [0.25, 0.3) is 0 Å². The smallest absolute Gasteiger partial charge is 0.236 e. The SMILES string of the molecule is C=C[C@@H](CCC)[C@@]1(CC#N)C(=O)Nc2ccccc21. The molecule has 1 aliphatic heterocycles. The van der Waals surface area contributed by atoms with Crippen LogP contribution in [0, 0.1) is 17.2 Å². The van der Waals surface area contributed by atoms with E-state index in [1.807, 2.05) is 30.3 Å². The third-order valence-corrected chi connectivity index (χ3v) is 3.94. The molecule has 3 heteroatoms. The maximum absolute atomic E-state index is 12.5. The molecule has 1 aliphatic rings. The molecule has 1 amide bonds. The molecule has 0 saturated carbocycles. The fraction of sp³-hybridized carbons (Fsp3) is 0.375. The van der Waals surface area contributed by atoms with E-state index in [4.69, 9.17) is 0 Å². The number of anilines is 1. The predicted octanol–water partition coefficient (Wildman–Crippen LogP) is 3.39. The minimum atomic E-state index is -0.775. The highest BCUT2D eigenvalue weighted by Crippen LogP contribution is 2.47. The Bertz CT molecular complexity index is 544. The highest BCUT2D eigenvalue weighted by molar-refractivity contribution is 6.06. The molecule has 1 aromatic carbocycles. The van der Waals surface area contributed by atoms with Gasteiger partial charge < -0.3 is 5.32 Å². The second-order valence-electron chi connectivity index (χ2n) is 4.94. The molecule has 0 aliphatic carbocycles. The van der Waals surface area contributed by atoms with Crippen molar-refractivity contribution in [1.29, 1.82) is 5.26 Å². The Kier molecular flexibility index (Phi) is 3.71. The highest BCUT2D eigenvalue weighted by Gasteiger charge is 2.50. The van der Waals surface area contributed by atoms with E-state index in [0.717, 1.165) is 24.1 Å². The van der Waals surface area contributed by atoms with Gasteiger partial charge >= 0.3 is 0 Å². The minimum Gasteiger partial charge on any atom is -0.325 e. The van der Waals surface area contributed by atoms with Crippen molar-refractivity contribution in [3.05, 3.63) is 42.5 Å². The average Bonchev–Trinajstić information content (AvgIpc) is 2.70. The molecule has 19 heavy (non-hydrogen) atoms. The van der Waals surface area contributed by atoms with Gasteiger partial charge in [-0.05, 0) is 24.0 Å². The van der Waals surface area contributed by atoms with E-state index in [9.17, 15) is 10.1 Å². The van der Waals surface area contributed by atoms with Crippen LogP contribution >= 0.6 is 0 Å². The van der Waals surface area contributed by atoms with E-state index in [1.54, 1.807) is 0 Å². The molecule has 0 bridgehead atoms. The van der Waals surface area contributed by atoms with Crippen molar-refractivity contribution in [3.63, 3.8) is 0 Å². The summed E-state index contributed by atoms with van der Waals surface area (Å²) in [5.74, 6) is -0.0885. The molecule has 3 nitrogen and oxygen atoms in total. The van der Waals surface area contributed by atoms with Crippen LogP contribution in [0.4, 0.5) is 5.69 Å². The van der Waals surface area contributed by atoms with Crippen molar-refractivity contribution >= 4 is 11.6 Å². The number of carbonyl (C=O) groups is 1. The molecule has 0 radical (unpaired) electrons. The summed E-state index contributed by atoms with van der Waals surface area (Å²) in [6.45, 7) is 5.95. The predicted molar refractivity (Wildman–Crippen MR) is 75.6 cm³/mol. The summed E-state index contributed by atoms with van der Waals surface area (Å²) < 4.78 is 0. The van der Waals surface area contributed by atoms with Crippen molar-refractivity contribution < 1.29 is 4.79 Å². The number of nitrogens with zero attached hydrogens (tertiary/aromatic N) is 1. The summed E-state index contributed by atoms with van der Waals surface area (Å²) in [6, 6.07) is 9.82. The van der Waals surface area contributed by atoms with E-state index in [1.165, 1.54) is 0 Å². The highest BCUT2D eigenvalue weighted by atomic mass is 16.2. The summed E-state index contributed by atoms with van der Waals surface area (Å²) in [4.78, 5) is 12.5. The number of amides is 1. The van der Waals surface area contributed by atoms with Gasteiger partial charge in [-0.15, -0.1) is 6.58 Å². The van der Waals surface area contributed by atoms with Gasteiger partial charge in [0.05, 0.1) is 17.9 Å². The monoisotopic (exact) mass is 254 g/mol. The molecule has 1 aromatic rings. The number of nitrogens with one attached hydrogen (secondary N) is 1. The quantitative estimate of drug-likeness (QED) is 0.819. The number of fused-ring (bicyclic) bond motifs is 1. The third kappa shape index (κ3) is 1.94. The Morgan fingerprint density at radius 3 is 2.89 bits per heavy atom. The number of para-hydroxylation sites is 1. The van der Waals surface area contributed by atoms with Crippen LogP contribution in [0.1, 0.15) is 31.7 Å². The molecule has 0 aromatic heterocycles. The fourth-order valence-electron chi connectivity index (χ4n) is 3.01. The van der Waals surface area contributed by atoms with Crippen molar-refractivity contribution in [2.75, 3.05) is 5.32 Å². The van der Waals surface area contributed by atoms with Gasteiger partial charge in [0, 0.05) is 5.69 Å². The standard InChI is InChI=1S/C16H18N2O/c1-3-7-12(4-2)16(10-11-17)13-8-5-6-9-14(13)18-15(16)19/h4-6,8-9,12H,2-3,7,10H2,1H3,(H,18,19)/t12-,16+/m0/s1. The van der Waals surface area contributed by atoms with Gasteiger partial charge in [0.2, 0.25) is 5.91 Å². The van der Waals surface area contributed by atoms with Crippen LogP contribution < -0.4 is 5.32 Å². The third-order valence-electron chi connectivity index (χ3n) is 3.94. The number of hydrogen-bond donors (Lipinski definition) is 1. The maximum Gasteiger partial charge on any atom is 0.236 e. The van der Waals surface area contributed by atoms with Gasteiger partial charge in [-0.25, -0.2) is 0 Å². The Morgan fingerprint density at radius 1 is 1.53 bits per heavy atom. The van der Waals surface area contributed by atoms with Crippen LogP contribution in [-0.2, 0) is 10.2 Å². The van der Waals surface area contributed by atoms with Crippen molar-refractivity contribution in [1.82, 2.24) is 0 Å². The largest absolute Gasteiger partial charge is 0.325 e. The summed E-state index contributed by atoms with van der Waals surface area (Å²) >= 11 is 0. The molecule has 98 valence electrons. The van der Waals surface area contributed by atoms with E-state index in [-0.39, 0.29) is 18.2 Å². The summed E-state index contributed by atoms with van der Waals surface area (Å²) in [5, 5.41) is 12.1. The van der Waals surface area contributed by atoms with Gasteiger partial charge in [0.1, 0.15) is 0 Å². The van der Waals surface area contributed by atoms with Crippen LogP contribution in [0.2, 0.25) is 0 Å². The Morgan fingerprint density at radius 2 is 2.26 bits per heavy atom. The average molecular weight is 254 g/mol. The summed E-state index contributed by atoms with van der Waals surface area (Å²) in [5.41, 5.74) is 0.980. The summed E-state index contributed by atoms with van der Waals surface area (Å²) in [6.07, 6.45) is 3.82. The number of hydrogen-bond acceptors (Lipinski definition) is 2. The topological polar surface area (TPSA) is 52.9 Å². The zero-order chi connectivity index (χ0) is 13.9. The lowest BCUT2D eigenvalue weighted by molar-refractivity contribution is -0.122. The number of allylic oxidation sites excluding steroid dienone is 1. The van der Waals surface area contributed by atoms with Crippen molar-refractivity contribution in [2.45, 2.75) is 31.6 Å². The second kappa shape index (κ2) is 5.27. The Hall–Kier alpha value is -2.08. The second-order valence-corrected chi connectivity index (χ2v) is 4.94. The van der Waals surface area contributed by atoms with Gasteiger partial charge in [-0.1, -0.05) is 37.6 Å². The Balaban J connectivity index is 2.59. The van der Waals surface area contributed by atoms with E-state index >= 15 is 0 Å². The van der Waals surface area contributed by atoms with Crippen LogP contribution in [-0.4, -0.2) is 5.91 Å². The summed E-state index contributed by atoms with van der Waals surface area (Å²) in [7, 11) is 0. The number of rotatable bonds is 5. The van der Waals surface area contributed by atoms with E-state index in [2.05, 4.69) is 24.9 Å². The molecular formula is C16H18N2O. The first-order valence-electron chi connectivity index (χ1n) is 6.61. The molecule has 1 heterocycles.